The first-order valence-electron chi connectivity index (χ1n) is 10.0. The van der Waals surface area contributed by atoms with Gasteiger partial charge in [-0.25, -0.2) is 4.98 Å². The van der Waals surface area contributed by atoms with Gasteiger partial charge in [-0.2, -0.15) is 0 Å². The smallest absolute Gasteiger partial charge is 0.225 e. The predicted molar refractivity (Wildman–Crippen MR) is 118 cm³/mol. The number of hydrogen-bond acceptors (Lipinski definition) is 5. The molecule has 0 aliphatic carbocycles. The molecule has 0 atom stereocenters. The van der Waals surface area contributed by atoms with Crippen LogP contribution in [0.1, 0.15) is 12.1 Å². The molecule has 0 unspecified atom stereocenters. The zero-order valence-electron chi connectivity index (χ0n) is 16.8. The van der Waals surface area contributed by atoms with Crippen LogP contribution < -0.4 is 5.32 Å². The van der Waals surface area contributed by atoms with Crippen LogP contribution in [0, 0.1) is 0 Å². The van der Waals surface area contributed by atoms with Crippen LogP contribution in [-0.2, 0) is 11.3 Å². The lowest BCUT2D eigenvalue weighted by Gasteiger charge is -2.34. The molecule has 6 nitrogen and oxygen atoms in total. The lowest BCUT2D eigenvalue weighted by atomic mass is 10.2. The number of rotatable bonds is 7. The fourth-order valence-corrected chi connectivity index (χ4v) is 4.24. The summed E-state index contributed by atoms with van der Waals surface area (Å²) in [6.07, 6.45) is 6.69. The highest BCUT2D eigenvalue weighted by molar-refractivity contribution is 7.98. The third-order valence-corrected chi connectivity index (χ3v) is 6.10. The van der Waals surface area contributed by atoms with E-state index < -0.39 is 0 Å². The summed E-state index contributed by atoms with van der Waals surface area (Å²) >= 11 is 1.65. The van der Waals surface area contributed by atoms with E-state index in [-0.39, 0.29) is 5.91 Å². The Morgan fingerprint density at radius 2 is 1.83 bits per heavy atom. The number of nitrogens with one attached hydrogen (secondary N) is 1. The molecule has 1 fully saturated rings. The Hall–Kier alpha value is -2.35. The second kappa shape index (κ2) is 9.43. The number of fused-ring (bicyclic) bond motifs is 1. The third kappa shape index (κ3) is 5.18. The molecule has 1 aliphatic rings. The molecule has 0 bridgehead atoms. The number of carbonyl (C=O) groups is 1. The van der Waals surface area contributed by atoms with Gasteiger partial charge < -0.3 is 14.6 Å². The van der Waals surface area contributed by atoms with Crippen molar-refractivity contribution in [1.29, 1.82) is 0 Å². The van der Waals surface area contributed by atoms with E-state index in [4.69, 9.17) is 4.98 Å². The summed E-state index contributed by atoms with van der Waals surface area (Å²) in [6.45, 7) is 5.66. The molecule has 4 rings (SSSR count). The van der Waals surface area contributed by atoms with Crippen molar-refractivity contribution in [3.63, 3.8) is 0 Å². The molecule has 3 aromatic rings. The second-order valence-electron chi connectivity index (χ2n) is 7.31. The average molecular weight is 410 g/mol. The molecule has 1 aromatic carbocycles. The minimum absolute atomic E-state index is 0.0821. The molecule has 29 heavy (non-hydrogen) atoms. The summed E-state index contributed by atoms with van der Waals surface area (Å²) in [5.41, 5.74) is 3.01. The third-order valence-electron chi connectivity index (χ3n) is 5.30. The molecule has 2 aromatic heterocycles. The molecular formula is C22H27N5OS. The highest BCUT2D eigenvalue weighted by Crippen LogP contribution is 2.24. The molecule has 0 radical (unpaired) electrons. The Kier molecular flexibility index (Phi) is 6.49. The van der Waals surface area contributed by atoms with E-state index in [2.05, 4.69) is 25.7 Å². The van der Waals surface area contributed by atoms with Crippen LogP contribution in [0.15, 0.2) is 59.8 Å². The topological polar surface area (TPSA) is 52.9 Å². The molecule has 152 valence electrons. The number of para-hydroxylation sites is 1. The van der Waals surface area contributed by atoms with Crippen LogP contribution >= 0.6 is 11.8 Å². The fraction of sp³-hybridized carbons (Fsp3) is 0.364. The van der Waals surface area contributed by atoms with E-state index >= 15 is 0 Å². The SMILES string of the molecule is CSc1ccccc1NC(=O)CCN1CCN(Cc2cn3ccccc3n2)CC1. The van der Waals surface area contributed by atoms with Gasteiger partial charge in [-0.15, -0.1) is 11.8 Å². The lowest BCUT2D eigenvalue weighted by molar-refractivity contribution is -0.116. The van der Waals surface area contributed by atoms with Gasteiger partial charge in [0.2, 0.25) is 5.91 Å². The van der Waals surface area contributed by atoms with E-state index in [9.17, 15) is 4.79 Å². The maximum Gasteiger partial charge on any atom is 0.225 e. The number of carbonyl (C=O) groups excluding carboxylic acids is 1. The summed E-state index contributed by atoms with van der Waals surface area (Å²) in [5.74, 6) is 0.0821. The predicted octanol–water partition coefficient (Wildman–Crippen LogP) is 3.20. The maximum absolute atomic E-state index is 12.3. The van der Waals surface area contributed by atoms with Gasteiger partial charge in [-0.1, -0.05) is 18.2 Å². The Morgan fingerprint density at radius 1 is 1.07 bits per heavy atom. The molecule has 1 saturated heterocycles. The Balaban J connectivity index is 1.21. The number of piperazine rings is 1. The molecule has 1 amide bonds. The van der Waals surface area contributed by atoms with Crippen molar-refractivity contribution < 1.29 is 4.79 Å². The quantitative estimate of drug-likeness (QED) is 0.608. The van der Waals surface area contributed by atoms with E-state index in [0.717, 1.165) is 61.2 Å². The standard InChI is InChI=1S/C22H27N5OS/c1-29-20-7-3-2-6-19(20)24-22(28)9-11-25-12-14-26(15-13-25)16-18-17-27-10-5-4-8-21(27)23-18/h2-8,10,17H,9,11-16H2,1H3,(H,24,28). The molecule has 1 aliphatic heterocycles. The van der Waals surface area contributed by atoms with Crippen molar-refractivity contribution in [3.8, 4) is 0 Å². The molecule has 0 spiro atoms. The summed E-state index contributed by atoms with van der Waals surface area (Å²) in [5, 5.41) is 3.05. The minimum Gasteiger partial charge on any atom is -0.325 e. The van der Waals surface area contributed by atoms with Crippen LogP contribution in [0.25, 0.3) is 5.65 Å². The van der Waals surface area contributed by atoms with Crippen molar-refractivity contribution in [2.75, 3.05) is 44.3 Å². The van der Waals surface area contributed by atoms with E-state index in [0.29, 0.717) is 6.42 Å². The summed E-state index contributed by atoms with van der Waals surface area (Å²) in [4.78, 5) is 22.9. The molecule has 3 heterocycles. The number of anilines is 1. The maximum atomic E-state index is 12.3. The van der Waals surface area contributed by atoms with Crippen LogP contribution in [0.2, 0.25) is 0 Å². The Morgan fingerprint density at radius 3 is 2.62 bits per heavy atom. The van der Waals surface area contributed by atoms with Crippen molar-refractivity contribution >= 4 is 29.0 Å². The number of amides is 1. The molecule has 0 saturated carbocycles. The lowest BCUT2D eigenvalue weighted by Crippen LogP contribution is -2.46. The first-order valence-corrected chi connectivity index (χ1v) is 11.2. The highest BCUT2D eigenvalue weighted by atomic mass is 32.2. The van der Waals surface area contributed by atoms with E-state index in [1.165, 1.54) is 0 Å². The monoisotopic (exact) mass is 409 g/mol. The summed E-state index contributed by atoms with van der Waals surface area (Å²) in [6, 6.07) is 14.0. The number of aromatic nitrogens is 2. The molecule has 1 N–H and O–H groups in total. The summed E-state index contributed by atoms with van der Waals surface area (Å²) < 4.78 is 2.07. The number of benzene rings is 1. The number of thioether (sulfide) groups is 1. The number of hydrogen-bond donors (Lipinski definition) is 1. The fourth-order valence-electron chi connectivity index (χ4n) is 3.68. The molecule has 7 heteroatoms. The van der Waals surface area contributed by atoms with Crippen LogP contribution in [-0.4, -0.2) is 64.1 Å². The van der Waals surface area contributed by atoms with Crippen LogP contribution in [0.3, 0.4) is 0 Å². The Labute approximate surface area is 175 Å². The van der Waals surface area contributed by atoms with Crippen LogP contribution in [0.5, 0.6) is 0 Å². The first-order chi connectivity index (χ1) is 14.2. The highest BCUT2D eigenvalue weighted by Gasteiger charge is 2.18. The van der Waals surface area contributed by atoms with Crippen molar-refractivity contribution in [2.24, 2.45) is 0 Å². The van der Waals surface area contributed by atoms with Gasteiger partial charge in [-0.3, -0.25) is 9.69 Å². The Bertz CT molecular complexity index is 932. The van der Waals surface area contributed by atoms with Gasteiger partial charge in [0.15, 0.2) is 0 Å². The molecular weight excluding hydrogens is 382 g/mol. The van der Waals surface area contributed by atoms with Crippen molar-refractivity contribution in [2.45, 2.75) is 17.9 Å². The second-order valence-corrected chi connectivity index (χ2v) is 8.16. The van der Waals surface area contributed by atoms with E-state index in [1.54, 1.807) is 11.8 Å². The number of pyridine rings is 1. The largest absolute Gasteiger partial charge is 0.325 e. The van der Waals surface area contributed by atoms with Crippen molar-refractivity contribution in [3.05, 3.63) is 60.6 Å². The normalized spacial score (nSPS) is 15.6. The van der Waals surface area contributed by atoms with Gasteiger partial charge in [0.1, 0.15) is 5.65 Å². The van der Waals surface area contributed by atoms with Gasteiger partial charge >= 0.3 is 0 Å². The zero-order chi connectivity index (χ0) is 20.1. The average Bonchev–Trinajstić information content (AvgIpc) is 3.16. The number of nitrogens with zero attached hydrogens (tertiary/aromatic N) is 4. The van der Waals surface area contributed by atoms with Gasteiger partial charge in [-0.05, 0) is 30.5 Å². The van der Waals surface area contributed by atoms with Crippen molar-refractivity contribution in [1.82, 2.24) is 19.2 Å². The van der Waals surface area contributed by atoms with Crippen LogP contribution in [0.4, 0.5) is 5.69 Å². The first kappa shape index (κ1) is 19.9. The number of imidazole rings is 1. The van der Waals surface area contributed by atoms with Gasteiger partial charge in [0.05, 0.1) is 11.4 Å². The van der Waals surface area contributed by atoms with E-state index in [1.807, 2.05) is 54.9 Å². The summed E-state index contributed by atoms with van der Waals surface area (Å²) in [7, 11) is 0. The zero-order valence-corrected chi connectivity index (χ0v) is 17.6. The minimum atomic E-state index is 0.0821. The van der Waals surface area contributed by atoms with Gasteiger partial charge in [0.25, 0.3) is 0 Å². The van der Waals surface area contributed by atoms with Gasteiger partial charge in [0, 0.05) is 63.0 Å².